The van der Waals surface area contributed by atoms with Gasteiger partial charge in [-0.1, -0.05) is 27.7 Å². The molecule has 1 aliphatic rings. The van der Waals surface area contributed by atoms with Crippen molar-refractivity contribution in [1.82, 2.24) is 19.7 Å². The number of fused-ring (bicyclic) bond motifs is 3. The van der Waals surface area contributed by atoms with Gasteiger partial charge in [-0.25, -0.2) is 4.98 Å². The fourth-order valence-corrected chi connectivity index (χ4v) is 5.76. The summed E-state index contributed by atoms with van der Waals surface area (Å²) in [5, 5.41) is 9.72. The minimum absolute atomic E-state index is 0.0352. The minimum atomic E-state index is 0.0352. The fourth-order valence-electron chi connectivity index (χ4n) is 3.38. The summed E-state index contributed by atoms with van der Waals surface area (Å²) >= 11 is 6.50. The van der Waals surface area contributed by atoms with E-state index in [-0.39, 0.29) is 5.56 Å². The second-order valence-corrected chi connectivity index (χ2v) is 9.53. The summed E-state index contributed by atoms with van der Waals surface area (Å²) in [6.07, 6.45) is 3.18. The smallest absolute Gasteiger partial charge is 0.262 e. The number of halogens is 1. The zero-order chi connectivity index (χ0) is 19.3. The lowest BCUT2D eigenvalue weighted by molar-refractivity contribution is 0.528. The number of hydrogen-bond acceptors (Lipinski definition) is 7. The predicted octanol–water partition coefficient (Wildman–Crippen LogP) is 4.59. The van der Waals surface area contributed by atoms with E-state index in [0.29, 0.717) is 22.7 Å². The van der Waals surface area contributed by atoms with E-state index in [4.69, 9.17) is 9.40 Å². The van der Waals surface area contributed by atoms with Crippen LogP contribution >= 0.6 is 39.0 Å². The van der Waals surface area contributed by atoms with Crippen LogP contribution in [0.15, 0.2) is 43.1 Å². The van der Waals surface area contributed by atoms with Gasteiger partial charge >= 0.3 is 0 Å². The van der Waals surface area contributed by atoms with Crippen molar-refractivity contribution in [3.05, 3.63) is 55.4 Å². The van der Waals surface area contributed by atoms with Crippen LogP contribution in [0.5, 0.6) is 0 Å². The van der Waals surface area contributed by atoms with Gasteiger partial charge in [0, 0.05) is 22.0 Å². The molecule has 3 heterocycles. The molecular weight excluding hydrogens is 460 g/mol. The third kappa shape index (κ3) is 3.11. The summed E-state index contributed by atoms with van der Waals surface area (Å²) in [5.41, 5.74) is 2.11. The monoisotopic (exact) mass is 474 g/mol. The zero-order valence-electron chi connectivity index (χ0n) is 14.9. The molecule has 0 N–H and O–H groups in total. The SMILES string of the molecule is Cn1c(SCc2nnc(-c3ccc(Br)cc3)o2)nc2sc3c(c2c1=O)CCC3. The molecule has 0 saturated carbocycles. The molecule has 4 aromatic rings. The lowest BCUT2D eigenvalue weighted by atomic mass is 10.2. The van der Waals surface area contributed by atoms with Gasteiger partial charge in [0.2, 0.25) is 11.8 Å². The van der Waals surface area contributed by atoms with Crippen molar-refractivity contribution in [2.45, 2.75) is 30.2 Å². The van der Waals surface area contributed by atoms with Gasteiger partial charge in [-0.3, -0.25) is 9.36 Å². The standard InChI is InChI=1S/C19H15BrN4O2S2/c1-24-18(25)15-12-3-2-4-13(12)28-17(15)21-19(24)27-9-14-22-23-16(26-14)10-5-7-11(20)8-6-10/h5-8H,2-4,9H2,1H3. The highest BCUT2D eigenvalue weighted by Gasteiger charge is 2.22. The fraction of sp³-hybridized carbons (Fsp3) is 0.263. The molecular formula is C19H15BrN4O2S2. The van der Waals surface area contributed by atoms with Gasteiger partial charge < -0.3 is 4.42 Å². The van der Waals surface area contributed by atoms with E-state index >= 15 is 0 Å². The second kappa shape index (κ2) is 7.13. The molecule has 0 fully saturated rings. The first kappa shape index (κ1) is 18.1. The third-order valence-corrected chi connectivity index (χ3v) is 7.52. The number of thioether (sulfide) groups is 1. The molecule has 0 aliphatic heterocycles. The largest absolute Gasteiger partial charge is 0.420 e. The van der Waals surface area contributed by atoms with Crippen LogP contribution in [-0.2, 0) is 25.6 Å². The summed E-state index contributed by atoms with van der Waals surface area (Å²) in [6.45, 7) is 0. The number of aryl methyl sites for hydroxylation is 2. The van der Waals surface area contributed by atoms with Gasteiger partial charge in [0.1, 0.15) is 4.83 Å². The maximum Gasteiger partial charge on any atom is 0.262 e. The molecule has 0 spiro atoms. The lowest BCUT2D eigenvalue weighted by Crippen LogP contribution is -2.20. The highest BCUT2D eigenvalue weighted by Crippen LogP contribution is 2.35. The maximum atomic E-state index is 12.9. The number of hydrogen-bond donors (Lipinski definition) is 0. The molecule has 1 aliphatic carbocycles. The van der Waals surface area contributed by atoms with E-state index < -0.39 is 0 Å². The van der Waals surface area contributed by atoms with Gasteiger partial charge in [-0.15, -0.1) is 21.5 Å². The third-order valence-electron chi connectivity index (χ3n) is 4.79. The van der Waals surface area contributed by atoms with E-state index in [0.717, 1.165) is 39.5 Å². The molecule has 0 bridgehead atoms. The Hall–Kier alpha value is -1.97. The Labute approximate surface area is 177 Å². The Morgan fingerprint density at radius 1 is 1.25 bits per heavy atom. The first-order chi connectivity index (χ1) is 13.6. The molecule has 142 valence electrons. The molecule has 28 heavy (non-hydrogen) atoms. The van der Waals surface area contributed by atoms with Gasteiger partial charge in [-0.2, -0.15) is 0 Å². The first-order valence-corrected chi connectivity index (χ1v) is 11.4. The molecule has 5 rings (SSSR count). The highest BCUT2D eigenvalue weighted by atomic mass is 79.9. The van der Waals surface area contributed by atoms with Crippen LogP contribution in [0.3, 0.4) is 0 Å². The van der Waals surface area contributed by atoms with Crippen LogP contribution in [0.2, 0.25) is 0 Å². The quantitative estimate of drug-likeness (QED) is 0.318. The number of benzene rings is 1. The Balaban J connectivity index is 1.40. The van der Waals surface area contributed by atoms with Crippen LogP contribution in [0.4, 0.5) is 0 Å². The summed E-state index contributed by atoms with van der Waals surface area (Å²) in [7, 11) is 1.77. The van der Waals surface area contributed by atoms with Gasteiger partial charge in [0.05, 0.1) is 11.1 Å². The van der Waals surface area contributed by atoms with Crippen LogP contribution in [0, 0.1) is 0 Å². The van der Waals surface area contributed by atoms with Crippen molar-refractivity contribution >= 4 is 49.2 Å². The Morgan fingerprint density at radius 3 is 2.89 bits per heavy atom. The number of thiophene rings is 1. The van der Waals surface area contributed by atoms with E-state index in [9.17, 15) is 4.79 Å². The molecule has 6 nitrogen and oxygen atoms in total. The number of aromatic nitrogens is 4. The lowest BCUT2D eigenvalue weighted by Gasteiger charge is -2.06. The number of nitrogens with zero attached hydrogens (tertiary/aromatic N) is 4. The van der Waals surface area contributed by atoms with E-state index in [2.05, 4.69) is 26.1 Å². The maximum absolute atomic E-state index is 12.9. The predicted molar refractivity (Wildman–Crippen MR) is 114 cm³/mol. The van der Waals surface area contributed by atoms with Crippen molar-refractivity contribution < 1.29 is 4.42 Å². The number of rotatable bonds is 4. The Kier molecular flexibility index (Phi) is 4.60. The molecule has 3 aromatic heterocycles. The molecule has 0 radical (unpaired) electrons. The van der Waals surface area contributed by atoms with E-state index in [1.54, 1.807) is 23.0 Å². The van der Waals surface area contributed by atoms with Crippen molar-refractivity contribution in [3.8, 4) is 11.5 Å². The van der Waals surface area contributed by atoms with Crippen molar-refractivity contribution in [2.75, 3.05) is 0 Å². The van der Waals surface area contributed by atoms with Crippen molar-refractivity contribution in [1.29, 1.82) is 0 Å². The first-order valence-electron chi connectivity index (χ1n) is 8.82. The van der Waals surface area contributed by atoms with Gasteiger partial charge in [0.25, 0.3) is 5.56 Å². The summed E-state index contributed by atoms with van der Waals surface area (Å²) in [4.78, 5) is 19.8. The highest BCUT2D eigenvalue weighted by molar-refractivity contribution is 9.10. The van der Waals surface area contributed by atoms with Crippen LogP contribution in [-0.4, -0.2) is 19.7 Å². The van der Waals surface area contributed by atoms with Gasteiger partial charge in [0.15, 0.2) is 5.16 Å². The molecule has 0 amide bonds. The summed E-state index contributed by atoms with van der Waals surface area (Å²) < 4.78 is 8.39. The van der Waals surface area contributed by atoms with Crippen LogP contribution in [0.1, 0.15) is 22.8 Å². The van der Waals surface area contributed by atoms with Crippen LogP contribution < -0.4 is 5.56 Å². The average molecular weight is 475 g/mol. The summed E-state index contributed by atoms with van der Waals surface area (Å²) in [6, 6.07) is 7.70. The van der Waals surface area contributed by atoms with Gasteiger partial charge in [-0.05, 0) is 49.1 Å². The average Bonchev–Trinajstić information content (AvgIpc) is 3.40. The zero-order valence-corrected chi connectivity index (χ0v) is 18.2. The van der Waals surface area contributed by atoms with Crippen LogP contribution in [0.25, 0.3) is 21.7 Å². The normalized spacial score (nSPS) is 13.4. The second-order valence-electron chi connectivity index (χ2n) is 6.59. The molecule has 0 atom stereocenters. The minimum Gasteiger partial charge on any atom is -0.420 e. The molecule has 1 aromatic carbocycles. The Bertz CT molecular complexity index is 1240. The van der Waals surface area contributed by atoms with E-state index in [1.807, 2.05) is 24.3 Å². The Morgan fingerprint density at radius 2 is 2.07 bits per heavy atom. The van der Waals surface area contributed by atoms with Crippen molar-refractivity contribution in [3.63, 3.8) is 0 Å². The molecule has 0 saturated heterocycles. The van der Waals surface area contributed by atoms with E-state index in [1.165, 1.54) is 22.2 Å². The van der Waals surface area contributed by atoms with Crippen molar-refractivity contribution in [2.24, 2.45) is 7.05 Å². The molecule has 9 heteroatoms. The summed E-state index contributed by atoms with van der Waals surface area (Å²) in [5.74, 6) is 1.45. The topological polar surface area (TPSA) is 73.8 Å². The molecule has 0 unspecified atom stereocenters.